The first-order chi connectivity index (χ1) is 6.74. The number of hydrogen-bond acceptors (Lipinski definition) is 3. The van der Waals surface area contributed by atoms with E-state index in [-0.39, 0.29) is 0 Å². The van der Waals surface area contributed by atoms with Crippen LogP contribution in [0.25, 0.3) is 0 Å². The lowest BCUT2D eigenvalue weighted by Crippen LogP contribution is -2.31. The van der Waals surface area contributed by atoms with Crippen molar-refractivity contribution in [2.45, 2.75) is 13.8 Å². The highest BCUT2D eigenvalue weighted by Crippen LogP contribution is 2.16. The van der Waals surface area contributed by atoms with Gasteiger partial charge in [-0.1, -0.05) is 6.92 Å². The molecule has 0 saturated carbocycles. The first-order valence-corrected chi connectivity index (χ1v) is 5.71. The van der Waals surface area contributed by atoms with E-state index in [4.69, 9.17) is 4.74 Å². The maximum atomic E-state index is 5.34. The Kier molecular flexibility index (Phi) is 5.45. The van der Waals surface area contributed by atoms with Crippen molar-refractivity contribution in [3.63, 3.8) is 0 Å². The second kappa shape index (κ2) is 6.38. The molecule has 2 atom stereocenters. The van der Waals surface area contributed by atoms with E-state index < -0.39 is 0 Å². The van der Waals surface area contributed by atoms with Gasteiger partial charge in [0.1, 0.15) is 0 Å². The van der Waals surface area contributed by atoms with Gasteiger partial charge in [0, 0.05) is 19.7 Å². The average molecular weight is 200 g/mol. The third-order valence-electron chi connectivity index (χ3n) is 3.05. The number of ether oxygens (including phenoxy) is 1. The van der Waals surface area contributed by atoms with Crippen molar-refractivity contribution < 1.29 is 4.74 Å². The monoisotopic (exact) mass is 200 g/mol. The van der Waals surface area contributed by atoms with Crippen LogP contribution in [0.1, 0.15) is 13.8 Å². The minimum Gasteiger partial charge on any atom is -0.380 e. The highest BCUT2D eigenvalue weighted by atomic mass is 16.5. The minimum absolute atomic E-state index is 0.821. The molecular formula is C11H24N2O. The van der Waals surface area contributed by atoms with Crippen LogP contribution in [0.3, 0.4) is 0 Å². The zero-order valence-electron chi connectivity index (χ0n) is 9.75. The lowest BCUT2D eigenvalue weighted by molar-refractivity contribution is 0.115. The molecule has 0 bridgehead atoms. The Hall–Kier alpha value is -0.120. The van der Waals surface area contributed by atoms with Crippen molar-refractivity contribution >= 4 is 0 Å². The van der Waals surface area contributed by atoms with Crippen molar-refractivity contribution in [3.05, 3.63) is 0 Å². The summed E-state index contributed by atoms with van der Waals surface area (Å²) >= 11 is 0. The fourth-order valence-corrected chi connectivity index (χ4v) is 1.97. The van der Waals surface area contributed by atoms with Gasteiger partial charge in [-0.15, -0.1) is 0 Å². The summed E-state index contributed by atoms with van der Waals surface area (Å²) < 4.78 is 5.34. The van der Waals surface area contributed by atoms with Crippen LogP contribution in [0.4, 0.5) is 0 Å². The molecule has 1 fully saturated rings. The van der Waals surface area contributed by atoms with Gasteiger partial charge < -0.3 is 15.0 Å². The van der Waals surface area contributed by atoms with Gasteiger partial charge in [-0.25, -0.2) is 0 Å². The molecule has 3 nitrogen and oxygen atoms in total. The Labute approximate surface area is 87.8 Å². The van der Waals surface area contributed by atoms with Crippen LogP contribution >= 0.6 is 0 Å². The third-order valence-corrected chi connectivity index (χ3v) is 3.05. The third kappa shape index (κ3) is 3.95. The zero-order chi connectivity index (χ0) is 10.4. The molecule has 1 saturated heterocycles. The Morgan fingerprint density at radius 1 is 1.43 bits per heavy atom. The van der Waals surface area contributed by atoms with Crippen molar-refractivity contribution in [2.24, 2.45) is 11.8 Å². The molecule has 1 aliphatic heterocycles. The van der Waals surface area contributed by atoms with Crippen LogP contribution in [-0.2, 0) is 4.74 Å². The Morgan fingerprint density at radius 3 is 2.79 bits per heavy atom. The van der Waals surface area contributed by atoms with Crippen LogP contribution in [0, 0.1) is 11.8 Å². The second-order valence-corrected chi connectivity index (χ2v) is 4.35. The van der Waals surface area contributed by atoms with Gasteiger partial charge in [-0.05, 0) is 38.9 Å². The lowest BCUT2D eigenvalue weighted by atomic mass is 9.98. The molecule has 1 N–H and O–H groups in total. The number of nitrogens with one attached hydrogen (secondary N) is 1. The van der Waals surface area contributed by atoms with Gasteiger partial charge >= 0.3 is 0 Å². The molecule has 0 amide bonds. The van der Waals surface area contributed by atoms with Crippen LogP contribution in [0.15, 0.2) is 0 Å². The van der Waals surface area contributed by atoms with Gasteiger partial charge in [0.05, 0.1) is 6.61 Å². The Bertz CT molecular complexity index is 152. The fourth-order valence-electron chi connectivity index (χ4n) is 1.97. The van der Waals surface area contributed by atoms with E-state index in [0.29, 0.717) is 0 Å². The molecule has 0 aromatic rings. The summed E-state index contributed by atoms with van der Waals surface area (Å²) in [4.78, 5) is 2.38. The standard InChI is InChI=1S/C11H24N2O/c1-4-14-6-5-13(3)9-11-8-12-7-10(11)2/h10-12H,4-9H2,1-3H3. The average Bonchev–Trinajstić information content (AvgIpc) is 2.52. The van der Waals surface area contributed by atoms with E-state index >= 15 is 0 Å². The fraction of sp³-hybridized carbons (Fsp3) is 1.00. The van der Waals surface area contributed by atoms with Crippen LogP contribution in [0.2, 0.25) is 0 Å². The Morgan fingerprint density at radius 2 is 2.21 bits per heavy atom. The van der Waals surface area contributed by atoms with Gasteiger partial charge in [0.25, 0.3) is 0 Å². The number of rotatable bonds is 6. The van der Waals surface area contributed by atoms with E-state index in [1.54, 1.807) is 0 Å². The first-order valence-electron chi connectivity index (χ1n) is 5.71. The largest absolute Gasteiger partial charge is 0.380 e. The molecule has 1 rings (SSSR count). The van der Waals surface area contributed by atoms with Crippen molar-refractivity contribution in [1.82, 2.24) is 10.2 Å². The predicted molar refractivity (Wildman–Crippen MR) is 59.5 cm³/mol. The van der Waals surface area contributed by atoms with Crippen LogP contribution in [0.5, 0.6) is 0 Å². The maximum absolute atomic E-state index is 5.34. The maximum Gasteiger partial charge on any atom is 0.0593 e. The summed E-state index contributed by atoms with van der Waals surface area (Å²) in [7, 11) is 2.18. The summed E-state index contributed by atoms with van der Waals surface area (Å²) in [5.74, 6) is 1.64. The first kappa shape index (κ1) is 12.0. The van der Waals surface area contributed by atoms with Gasteiger partial charge in [-0.2, -0.15) is 0 Å². The molecule has 3 heteroatoms. The highest BCUT2D eigenvalue weighted by Gasteiger charge is 2.23. The SMILES string of the molecule is CCOCCN(C)CC1CNCC1C. The summed E-state index contributed by atoms with van der Waals surface area (Å²) in [6.07, 6.45) is 0. The summed E-state index contributed by atoms with van der Waals surface area (Å²) in [5, 5.41) is 3.44. The molecule has 2 unspecified atom stereocenters. The van der Waals surface area contributed by atoms with E-state index in [1.807, 2.05) is 6.92 Å². The number of likely N-dealkylation sites (N-methyl/N-ethyl adjacent to an activating group) is 1. The van der Waals surface area contributed by atoms with Crippen LogP contribution in [-0.4, -0.2) is 51.3 Å². The van der Waals surface area contributed by atoms with E-state index in [9.17, 15) is 0 Å². The van der Waals surface area contributed by atoms with Gasteiger partial charge in [-0.3, -0.25) is 0 Å². The Balaban J connectivity index is 2.09. The van der Waals surface area contributed by atoms with Crippen molar-refractivity contribution in [2.75, 3.05) is 46.4 Å². The van der Waals surface area contributed by atoms with E-state index in [1.165, 1.54) is 19.6 Å². The molecule has 0 spiro atoms. The number of hydrogen-bond donors (Lipinski definition) is 1. The molecule has 0 aliphatic carbocycles. The molecule has 1 heterocycles. The minimum atomic E-state index is 0.821. The molecule has 0 aromatic heterocycles. The molecule has 14 heavy (non-hydrogen) atoms. The molecule has 84 valence electrons. The van der Waals surface area contributed by atoms with Crippen LogP contribution < -0.4 is 5.32 Å². The smallest absolute Gasteiger partial charge is 0.0593 e. The molecule has 0 radical (unpaired) electrons. The summed E-state index contributed by atoms with van der Waals surface area (Å²) in [6, 6.07) is 0. The van der Waals surface area contributed by atoms with Gasteiger partial charge in [0.2, 0.25) is 0 Å². The second-order valence-electron chi connectivity index (χ2n) is 4.35. The zero-order valence-corrected chi connectivity index (χ0v) is 9.75. The van der Waals surface area contributed by atoms with Crippen molar-refractivity contribution in [3.8, 4) is 0 Å². The normalized spacial score (nSPS) is 27.4. The lowest BCUT2D eigenvalue weighted by Gasteiger charge is -2.22. The molecular weight excluding hydrogens is 176 g/mol. The van der Waals surface area contributed by atoms with Crippen molar-refractivity contribution in [1.29, 1.82) is 0 Å². The van der Waals surface area contributed by atoms with E-state index in [2.05, 4.69) is 24.2 Å². The summed E-state index contributed by atoms with van der Waals surface area (Å²) in [5.41, 5.74) is 0. The van der Waals surface area contributed by atoms with Gasteiger partial charge in [0.15, 0.2) is 0 Å². The highest BCUT2D eigenvalue weighted by molar-refractivity contribution is 4.79. The molecule has 1 aliphatic rings. The predicted octanol–water partition coefficient (Wildman–Crippen LogP) is 0.810. The molecule has 0 aromatic carbocycles. The van der Waals surface area contributed by atoms with E-state index in [0.717, 1.165) is 31.6 Å². The summed E-state index contributed by atoms with van der Waals surface area (Å²) in [6.45, 7) is 10.7. The topological polar surface area (TPSA) is 24.5 Å². The number of nitrogens with zero attached hydrogens (tertiary/aromatic N) is 1. The quantitative estimate of drug-likeness (QED) is 0.642.